The van der Waals surface area contributed by atoms with Crippen molar-refractivity contribution in [3.63, 3.8) is 0 Å². The lowest BCUT2D eigenvalue weighted by atomic mass is 10.1. The van der Waals surface area contributed by atoms with E-state index in [1.165, 1.54) is 25.7 Å². The summed E-state index contributed by atoms with van der Waals surface area (Å²) in [6, 6.07) is 11.6. The number of benzene rings is 2. The van der Waals surface area contributed by atoms with Crippen molar-refractivity contribution >= 4 is 34.6 Å². The zero-order valence-corrected chi connectivity index (χ0v) is 21.6. The zero-order chi connectivity index (χ0) is 24.7. The lowest BCUT2D eigenvalue weighted by Crippen LogP contribution is -2.52. The number of ether oxygens (including phenoxy) is 1. The van der Waals surface area contributed by atoms with Gasteiger partial charge in [0.25, 0.3) is 0 Å². The number of carbonyl (C=O) groups excluding carboxylic acids is 1. The van der Waals surface area contributed by atoms with E-state index in [1.807, 2.05) is 34.4 Å². The minimum Gasteiger partial charge on any atom is -0.504 e. The van der Waals surface area contributed by atoms with Crippen molar-refractivity contribution < 1.29 is 14.6 Å². The van der Waals surface area contributed by atoms with Gasteiger partial charge in [0, 0.05) is 6.42 Å². The number of aromatic hydroxyl groups is 1. The van der Waals surface area contributed by atoms with Gasteiger partial charge in [0.2, 0.25) is 0 Å². The van der Waals surface area contributed by atoms with Gasteiger partial charge in [-0.1, -0.05) is 62.8 Å². The normalized spacial score (nSPS) is 13.1. The van der Waals surface area contributed by atoms with Gasteiger partial charge >= 0.3 is 5.97 Å². The number of halogens is 1. The first-order valence-corrected chi connectivity index (χ1v) is 12.7. The molecule has 186 valence electrons. The number of rotatable bonds is 11. The Morgan fingerprint density at radius 1 is 1.09 bits per heavy atom. The molecule has 0 fully saturated rings. The van der Waals surface area contributed by atoms with Crippen molar-refractivity contribution in [1.82, 2.24) is 0 Å². The topological polar surface area (TPSA) is 65.0 Å². The third-order valence-corrected chi connectivity index (χ3v) is 6.21. The van der Waals surface area contributed by atoms with Gasteiger partial charge in [-0.2, -0.15) is 5.12 Å². The molecule has 2 aromatic rings. The van der Waals surface area contributed by atoms with E-state index in [9.17, 15) is 9.90 Å². The molecule has 1 heterocycles. The van der Waals surface area contributed by atoms with Crippen LogP contribution in [0.3, 0.4) is 0 Å². The van der Waals surface area contributed by atoms with Gasteiger partial charge in [-0.3, -0.25) is 15.2 Å². The summed E-state index contributed by atoms with van der Waals surface area (Å²) in [4.78, 5) is 12.2. The standard InChI is InChI=1S/C27H38ClN3O3/c1-5-6-7-8-9-10-18-34-24(32)17-14-20-12-11-13-21(19-20)31-29-23-16-15-22(28)26(33)25(23)30(31)27(2,3)4/h11-13,15-16,19,29,33H,5-10,14,17-18H2,1-4H3. The van der Waals surface area contributed by atoms with Crippen molar-refractivity contribution in [2.75, 3.05) is 22.2 Å². The summed E-state index contributed by atoms with van der Waals surface area (Å²) < 4.78 is 5.42. The lowest BCUT2D eigenvalue weighted by molar-refractivity contribution is -0.143. The fourth-order valence-electron chi connectivity index (χ4n) is 4.17. The van der Waals surface area contributed by atoms with Gasteiger partial charge in [0.1, 0.15) is 5.69 Å². The average molecular weight is 488 g/mol. The van der Waals surface area contributed by atoms with Crippen molar-refractivity contribution in [2.45, 2.75) is 84.6 Å². The Bertz CT molecular complexity index is 974. The second-order valence-corrected chi connectivity index (χ2v) is 10.3. The number of phenolic OH excluding ortho intramolecular Hbond substituents is 1. The molecule has 0 spiro atoms. The van der Waals surface area contributed by atoms with E-state index in [0.29, 0.717) is 30.2 Å². The Morgan fingerprint density at radius 2 is 1.82 bits per heavy atom. The predicted molar refractivity (Wildman–Crippen MR) is 141 cm³/mol. The molecule has 7 heteroatoms. The number of nitrogens with zero attached hydrogens (tertiary/aromatic N) is 2. The number of aryl methyl sites for hydroxylation is 1. The molecule has 3 rings (SSSR count). The van der Waals surface area contributed by atoms with E-state index >= 15 is 0 Å². The van der Waals surface area contributed by atoms with E-state index in [-0.39, 0.29) is 17.3 Å². The minimum absolute atomic E-state index is 0.0494. The van der Waals surface area contributed by atoms with E-state index in [0.717, 1.165) is 29.8 Å². The van der Waals surface area contributed by atoms with Crippen LogP contribution in [0, 0.1) is 0 Å². The molecule has 6 nitrogen and oxygen atoms in total. The number of nitrogens with one attached hydrogen (secondary N) is 1. The van der Waals surface area contributed by atoms with Crippen LogP contribution in [0.15, 0.2) is 36.4 Å². The van der Waals surface area contributed by atoms with Crippen molar-refractivity contribution in [3.8, 4) is 5.75 Å². The third-order valence-electron chi connectivity index (χ3n) is 5.91. The smallest absolute Gasteiger partial charge is 0.306 e. The highest BCUT2D eigenvalue weighted by Gasteiger charge is 2.38. The highest BCUT2D eigenvalue weighted by molar-refractivity contribution is 6.32. The van der Waals surface area contributed by atoms with E-state index in [2.05, 4.69) is 39.2 Å². The Kier molecular flexibility index (Phi) is 8.95. The molecule has 0 amide bonds. The molecule has 2 aromatic carbocycles. The summed E-state index contributed by atoms with van der Waals surface area (Å²) >= 11 is 6.20. The molecule has 0 radical (unpaired) electrons. The van der Waals surface area contributed by atoms with Crippen LogP contribution in [0.5, 0.6) is 5.75 Å². The fourth-order valence-corrected chi connectivity index (χ4v) is 4.32. The lowest BCUT2D eigenvalue weighted by Gasteiger charge is -2.40. The van der Waals surface area contributed by atoms with Crippen LogP contribution >= 0.6 is 11.6 Å². The molecule has 1 aliphatic heterocycles. The largest absolute Gasteiger partial charge is 0.504 e. The number of hydrogen-bond donors (Lipinski definition) is 2. The second kappa shape index (κ2) is 11.7. The highest BCUT2D eigenvalue weighted by atomic mass is 35.5. The first-order valence-electron chi connectivity index (χ1n) is 12.4. The SMILES string of the molecule is CCCCCCCCOC(=O)CCc1cccc(N2Nc3ccc(Cl)c(O)c3N2C(C)(C)C)c1. The van der Waals surface area contributed by atoms with Gasteiger partial charge in [-0.15, -0.1) is 0 Å². The van der Waals surface area contributed by atoms with Crippen LogP contribution in [0.1, 0.15) is 78.2 Å². The van der Waals surface area contributed by atoms with Gasteiger partial charge in [0.05, 0.1) is 28.5 Å². The van der Waals surface area contributed by atoms with Gasteiger partial charge < -0.3 is 9.84 Å². The molecule has 34 heavy (non-hydrogen) atoms. The van der Waals surface area contributed by atoms with E-state index in [1.54, 1.807) is 6.07 Å². The number of hydrogen-bond acceptors (Lipinski definition) is 6. The quantitative estimate of drug-likeness (QED) is 0.257. The summed E-state index contributed by atoms with van der Waals surface area (Å²) in [5.74, 6) is -0.102. The Morgan fingerprint density at radius 3 is 2.56 bits per heavy atom. The van der Waals surface area contributed by atoms with Crippen LogP contribution in [-0.4, -0.2) is 23.2 Å². The molecule has 0 aromatic heterocycles. The number of carbonyl (C=O) groups is 1. The van der Waals surface area contributed by atoms with Crippen LogP contribution < -0.4 is 15.6 Å². The van der Waals surface area contributed by atoms with Crippen LogP contribution in [0.2, 0.25) is 5.02 Å². The Balaban J connectivity index is 1.61. The summed E-state index contributed by atoms with van der Waals surface area (Å²) in [6.07, 6.45) is 8.00. The summed E-state index contributed by atoms with van der Waals surface area (Å²) in [7, 11) is 0. The first kappa shape index (κ1) is 26.0. The third kappa shape index (κ3) is 6.50. The predicted octanol–water partition coefficient (Wildman–Crippen LogP) is 7.25. The number of esters is 1. The maximum absolute atomic E-state index is 12.2. The Labute approximate surface area is 208 Å². The van der Waals surface area contributed by atoms with E-state index in [4.69, 9.17) is 16.3 Å². The van der Waals surface area contributed by atoms with E-state index < -0.39 is 0 Å². The van der Waals surface area contributed by atoms with Crippen LogP contribution in [-0.2, 0) is 16.0 Å². The Hall–Kier alpha value is -2.60. The van der Waals surface area contributed by atoms with Crippen molar-refractivity contribution in [1.29, 1.82) is 0 Å². The number of anilines is 3. The average Bonchev–Trinajstić information content (AvgIpc) is 3.21. The first-order chi connectivity index (χ1) is 16.2. The number of unbranched alkanes of at least 4 members (excludes halogenated alkanes) is 5. The van der Waals surface area contributed by atoms with Gasteiger partial charge in [-0.25, -0.2) is 0 Å². The van der Waals surface area contributed by atoms with Gasteiger partial charge in [-0.05, 0) is 63.4 Å². The zero-order valence-electron chi connectivity index (χ0n) is 20.9. The van der Waals surface area contributed by atoms with Crippen LogP contribution in [0.25, 0.3) is 0 Å². The molecule has 2 N–H and O–H groups in total. The van der Waals surface area contributed by atoms with Crippen molar-refractivity contribution in [2.24, 2.45) is 0 Å². The maximum Gasteiger partial charge on any atom is 0.306 e. The molecule has 0 saturated heterocycles. The van der Waals surface area contributed by atoms with Gasteiger partial charge in [0.15, 0.2) is 5.75 Å². The number of hydrazine groups is 2. The molecule has 0 unspecified atom stereocenters. The van der Waals surface area contributed by atoms with Crippen LogP contribution in [0.4, 0.5) is 17.1 Å². The monoisotopic (exact) mass is 487 g/mol. The van der Waals surface area contributed by atoms with Crippen molar-refractivity contribution in [3.05, 3.63) is 47.0 Å². The summed E-state index contributed by atoms with van der Waals surface area (Å²) in [5, 5.41) is 14.9. The molecular formula is C27H38ClN3O3. The molecular weight excluding hydrogens is 450 g/mol. The summed E-state index contributed by atoms with van der Waals surface area (Å²) in [6.45, 7) is 8.93. The molecule has 0 atom stereocenters. The minimum atomic E-state index is -0.337. The maximum atomic E-state index is 12.2. The number of fused-ring (bicyclic) bond motifs is 1. The fraction of sp³-hybridized carbons (Fsp3) is 0.519. The molecule has 0 bridgehead atoms. The molecule has 1 aliphatic rings. The second-order valence-electron chi connectivity index (χ2n) is 9.86. The summed E-state index contributed by atoms with van der Waals surface area (Å²) in [5.41, 5.74) is 6.40. The highest BCUT2D eigenvalue weighted by Crippen LogP contribution is 2.48. The molecule has 0 saturated carbocycles. The molecule has 0 aliphatic carbocycles. The number of phenols is 1.